The molecule has 8 nitrogen and oxygen atoms in total. The average Bonchev–Trinajstić information content (AvgIpc) is 3.26. The topological polar surface area (TPSA) is 81.8 Å². The summed E-state index contributed by atoms with van der Waals surface area (Å²) in [6.07, 6.45) is 4.01. The molecule has 0 spiro atoms. The number of aromatic nitrogens is 2. The maximum absolute atomic E-state index is 5.53. The summed E-state index contributed by atoms with van der Waals surface area (Å²) in [6.45, 7) is 12.4. The molecule has 2 N–H and O–H groups in total. The van der Waals surface area contributed by atoms with E-state index in [9.17, 15) is 0 Å². The van der Waals surface area contributed by atoms with Crippen LogP contribution in [-0.4, -0.2) is 60.8 Å². The fourth-order valence-electron chi connectivity index (χ4n) is 3.85. The van der Waals surface area contributed by atoms with Crippen molar-refractivity contribution in [1.82, 2.24) is 25.7 Å². The zero-order valence-corrected chi connectivity index (χ0v) is 19.4. The third-order valence-electron chi connectivity index (χ3n) is 5.83. The summed E-state index contributed by atoms with van der Waals surface area (Å²) in [5.41, 5.74) is 2.18. The first-order valence-electron chi connectivity index (χ1n) is 11.5. The molecule has 31 heavy (non-hydrogen) atoms. The van der Waals surface area contributed by atoms with Crippen LogP contribution in [0.1, 0.15) is 56.5 Å². The standard InChI is InChI=1S/C23H37N7O/c1-5-18(6-2)21-15-20(31-28-21)17-27-23(24-7-3)26-16-19-9-8-10-25-22(19)30-13-11-29(4)12-14-30/h8-10,15,18H,5-7,11-14,16-17H2,1-4H3,(H2,24,26,27). The Labute approximate surface area is 186 Å². The summed E-state index contributed by atoms with van der Waals surface area (Å²) in [6, 6.07) is 6.16. The van der Waals surface area contributed by atoms with Crippen LogP contribution in [0, 0.1) is 0 Å². The van der Waals surface area contributed by atoms with Crippen LogP contribution in [0.2, 0.25) is 0 Å². The molecule has 0 saturated carbocycles. The minimum atomic E-state index is 0.456. The molecule has 0 bridgehead atoms. The Balaban J connectivity index is 1.64. The normalized spacial score (nSPS) is 15.5. The van der Waals surface area contributed by atoms with Gasteiger partial charge in [-0.05, 0) is 32.9 Å². The van der Waals surface area contributed by atoms with Gasteiger partial charge in [-0.25, -0.2) is 9.98 Å². The first kappa shape index (κ1) is 23.1. The molecule has 0 amide bonds. The van der Waals surface area contributed by atoms with E-state index in [-0.39, 0.29) is 0 Å². The van der Waals surface area contributed by atoms with E-state index >= 15 is 0 Å². The first-order chi connectivity index (χ1) is 15.1. The van der Waals surface area contributed by atoms with Crippen molar-refractivity contribution in [2.24, 2.45) is 4.99 Å². The lowest BCUT2D eigenvalue weighted by atomic mass is 9.99. The summed E-state index contributed by atoms with van der Waals surface area (Å²) >= 11 is 0. The zero-order chi connectivity index (χ0) is 22.1. The van der Waals surface area contributed by atoms with Crippen LogP contribution in [0.25, 0.3) is 0 Å². The maximum Gasteiger partial charge on any atom is 0.191 e. The number of likely N-dealkylation sites (N-methyl/N-ethyl adjacent to an activating group) is 1. The number of guanidine groups is 1. The molecular weight excluding hydrogens is 390 g/mol. The zero-order valence-electron chi connectivity index (χ0n) is 19.4. The second-order valence-corrected chi connectivity index (χ2v) is 8.06. The van der Waals surface area contributed by atoms with Crippen LogP contribution in [0.3, 0.4) is 0 Å². The number of nitrogens with one attached hydrogen (secondary N) is 2. The highest BCUT2D eigenvalue weighted by Crippen LogP contribution is 2.22. The van der Waals surface area contributed by atoms with Crippen LogP contribution in [0.5, 0.6) is 0 Å². The van der Waals surface area contributed by atoms with E-state index in [4.69, 9.17) is 9.52 Å². The quantitative estimate of drug-likeness (QED) is 0.470. The van der Waals surface area contributed by atoms with Gasteiger partial charge in [0.05, 0.1) is 18.8 Å². The van der Waals surface area contributed by atoms with Gasteiger partial charge in [-0.15, -0.1) is 0 Å². The molecule has 170 valence electrons. The van der Waals surface area contributed by atoms with Gasteiger partial charge in [0.25, 0.3) is 0 Å². The molecule has 1 saturated heterocycles. The Morgan fingerprint density at radius 3 is 2.65 bits per heavy atom. The highest BCUT2D eigenvalue weighted by molar-refractivity contribution is 5.79. The summed E-state index contributed by atoms with van der Waals surface area (Å²) < 4.78 is 5.53. The molecule has 0 unspecified atom stereocenters. The van der Waals surface area contributed by atoms with E-state index in [1.54, 1.807) is 0 Å². The third-order valence-corrected chi connectivity index (χ3v) is 5.83. The average molecular weight is 428 g/mol. The Morgan fingerprint density at radius 2 is 1.94 bits per heavy atom. The van der Waals surface area contributed by atoms with E-state index in [0.717, 1.165) is 74.4 Å². The molecule has 3 rings (SSSR count). The fraction of sp³-hybridized carbons (Fsp3) is 0.609. The molecule has 0 aromatic carbocycles. The molecule has 1 aliphatic heterocycles. The maximum atomic E-state index is 5.53. The van der Waals surface area contributed by atoms with Crippen LogP contribution in [0.15, 0.2) is 33.9 Å². The van der Waals surface area contributed by atoms with E-state index in [0.29, 0.717) is 19.0 Å². The number of aliphatic imine (C=N–C) groups is 1. The first-order valence-corrected chi connectivity index (χ1v) is 11.5. The second-order valence-electron chi connectivity index (χ2n) is 8.06. The van der Waals surface area contributed by atoms with Crippen molar-refractivity contribution in [1.29, 1.82) is 0 Å². The largest absolute Gasteiger partial charge is 0.359 e. The predicted molar refractivity (Wildman–Crippen MR) is 125 cm³/mol. The van der Waals surface area contributed by atoms with Gasteiger partial charge in [-0.3, -0.25) is 0 Å². The van der Waals surface area contributed by atoms with E-state index in [1.165, 1.54) is 0 Å². The van der Waals surface area contributed by atoms with Crippen molar-refractivity contribution < 1.29 is 4.52 Å². The van der Waals surface area contributed by atoms with Crippen LogP contribution >= 0.6 is 0 Å². The number of piperazine rings is 1. The third kappa shape index (κ3) is 6.43. The lowest BCUT2D eigenvalue weighted by Crippen LogP contribution is -2.45. The van der Waals surface area contributed by atoms with Crippen molar-refractivity contribution in [3.63, 3.8) is 0 Å². The summed E-state index contributed by atoms with van der Waals surface area (Å²) in [7, 11) is 2.16. The molecule has 0 radical (unpaired) electrons. The van der Waals surface area contributed by atoms with Crippen LogP contribution in [-0.2, 0) is 13.1 Å². The van der Waals surface area contributed by atoms with Crippen molar-refractivity contribution in [2.45, 2.75) is 52.6 Å². The van der Waals surface area contributed by atoms with Gasteiger partial charge in [0.1, 0.15) is 5.82 Å². The van der Waals surface area contributed by atoms with Crippen molar-refractivity contribution in [3.8, 4) is 0 Å². The molecule has 8 heteroatoms. The number of anilines is 1. The van der Waals surface area contributed by atoms with Gasteiger partial charge in [-0.1, -0.05) is 25.1 Å². The summed E-state index contributed by atoms with van der Waals surface area (Å²) in [4.78, 5) is 14.2. The molecule has 2 aromatic rings. The molecule has 3 heterocycles. The number of pyridine rings is 1. The molecule has 0 aliphatic carbocycles. The SMILES string of the molecule is CCNC(=NCc1cccnc1N1CCN(C)CC1)NCc1cc(C(CC)CC)no1. The van der Waals surface area contributed by atoms with Gasteiger partial charge in [0.15, 0.2) is 11.7 Å². The van der Waals surface area contributed by atoms with E-state index in [1.807, 2.05) is 12.3 Å². The Hall–Kier alpha value is -2.61. The van der Waals surface area contributed by atoms with Crippen molar-refractivity contribution >= 4 is 11.8 Å². The van der Waals surface area contributed by atoms with E-state index < -0.39 is 0 Å². The van der Waals surface area contributed by atoms with Gasteiger partial charge in [0, 0.05) is 56.5 Å². The number of rotatable bonds is 9. The molecule has 2 aromatic heterocycles. The molecule has 1 fully saturated rings. The Bertz CT molecular complexity index is 823. The number of hydrogen-bond donors (Lipinski definition) is 2. The highest BCUT2D eigenvalue weighted by atomic mass is 16.5. The lowest BCUT2D eigenvalue weighted by Gasteiger charge is -2.34. The molecule has 0 atom stereocenters. The number of hydrogen-bond acceptors (Lipinski definition) is 6. The van der Waals surface area contributed by atoms with E-state index in [2.05, 4.69) is 70.5 Å². The Morgan fingerprint density at radius 1 is 1.16 bits per heavy atom. The van der Waals surface area contributed by atoms with Gasteiger partial charge < -0.3 is 25.0 Å². The predicted octanol–water partition coefficient (Wildman–Crippen LogP) is 2.98. The Kier molecular flexibility index (Phi) is 8.70. The highest BCUT2D eigenvalue weighted by Gasteiger charge is 2.18. The van der Waals surface area contributed by atoms with Crippen LogP contribution in [0.4, 0.5) is 5.82 Å². The smallest absolute Gasteiger partial charge is 0.191 e. The van der Waals surface area contributed by atoms with Crippen LogP contribution < -0.4 is 15.5 Å². The molecular formula is C23H37N7O. The minimum Gasteiger partial charge on any atom is -0.359 e. The van der Waals surface area contributed by atoms with Crippen molar-refractivity contribution in [2.75, 3.05) is 44.7 Å². The minimum absolute atomic E-state index is 0.456. The number of nitrogens with zero attached hydrogens (tertiary/aromatic N) is 5. The summed E-state index contributed by atoms with van der Waals surface area (Å²) in [5.74, 6) is 3.08. The lowest BCUT2D eigenvalue weighted by molar-refractivity contribution is 0.312. The van der Waals surface area contributed by atoms with Gasteiger partial charge in [0.2, 0.25) is 0 Å². The monoisotopic (exact) mass is 427 g/mol. The van der Waals surface area contributed by atoms with Gasteiger partial charge >= 0.3 is 0 Å². The fourth-order valence-corrected chi connectivity index (χ4v) is 3.85. The summed E-state index contributed by atoms with van der Waals surface area (Å²) in [5, 5.41) is 10.9. The second kappa shape index (κ2) is 11.7. The molecule has 1 aliphatic rings. The van der Waals surface area contributed by atoms with Crippen molar-refractivity contribution in [3.05, 3.63) is 41.4 Å². The van der Waals surface area contributed by atoms with Gasteiger partial charge in [-0.2, -0.15) is 0 Å².